The van der Waals surface area contributed by atoms with Crippen molar-refractivity contribution in [3.05, 3.63) is 24.3 Å². The fourth-order valence-electron chi connectivity index (χ4n) is 1.54. The lowest BCUT2D eigenvalue weighted by Gasteiger charge is -2.13. The lowest BCUT2D eigenvalue weighted by Crippen LogP contribution is -2.38. The summed E-state index contributed by atoms with van der Waals surface area (Å²) in [5.41, 5.74) is 0. The van der Waals surface area contributed by atoms with Crippen molar-refractivity contribution in [1.82, 2.24) is 5.32 Å². The molecule has 0 radical (unpaired) electrons. The lowest BCUT2D eigenvalue weighted by atomic mass is 10.3. The van der Waals surface area contributed by atoms with Gasteiger partial charge in [0.25, 0.3) is 5.91 Å². The summed E-state index contributed by atoms with van der Waals surface area (Å²) in [4.78, 5) is 11.8. The van der Waals surface area contributed by atoms with Crippen molar-refractivity contribution in [1.29, 1.82) is 0 Å². The monoisotopic (exact) mass is 301 g/mol. The van der Waals surface area contributed by atoms with Gasteiger partial charge in [-0.15, -0.1) is 0 Å². The Morgan fingerprint density at radius 3 is 2.40 bits per heavy atom. The molecule has 1 amide bonds. The van der Waals surface area contributed by atoms with Gasteiger partial charge < -0.3 is 14.8 Å². The van der Waals surface area contributed by atoms with Crippen molar-refractivity contribution in [2.24, 2.45) is 0 Å². The summed E-state index contributed by atoms with van der Waals surface area (Å²) in [6.45, 7) is 2.11. The van der Waals surface area contributed by atoms with Gasteiger partial charge in [0.1, 0.15) is 5.75 Å². The fourth-order valence-corrected chi connectivity index (χ4v) is 2.17. The number of amides is 1. The van der Waals surface area contributed by atoms with Gasteiger partial charge in [0, 0.05) is 19.4 Å². The van der Waals surface area contributed by atoms with Crippen LogP contribution in [0.2, 0.25) is 0 Å². The van der Waals surface area contributed by atoms with Gasteiger partial charge in [-0.1, -0.05) is 0 Å². The van der Waals surface area contributed by atoms with E-state index in [1.807, 2.05) is 6.92 Å². The van der Waals surface area contributed by atoms with E-state index < -0.39 is 9.84 Å². The molecule has 1 aromatic rings. The maximum atomic E-state index is 11.5. The first-order chi connectivity index (χ1) is 9.32. The molecule has 20 heavy (non-hydrogen) atoms. The highest BCUT2D eigenvalue weighted by Gasteiger charge is 2.09. The van der Waals surface area contributed by atoms with Crippen LogP contribution >= 0.6 is 0 Å². The van der Waals surface area contributed by atoms with Crippen LogP contribution in [0.4, 0.5) is 0 Å². The molecular weight excluding hydrogens is 282 g/mol. The van der Waals surface area contributed by atoms with Gasteiger partial charge in [-0.25, -0.2) is 8.42 Å². The van der Waals surface area contributed by atoms with Crippen molar-refractivity contribution in [3.8, 4) is 5.75 Å². The standard InChI is InChI=1S/C13H19NO5S/c1-10(8-18-2)14-13(15)9-19-11-4-6-12(7-5-11)20(3,16)17/h4-7,10H,8-9H2,1-3H3,(H,14,15). The van der Waals surface area contributed by atoms with Crippen LogP contribution in [0.15, 0.2) is 29.2 Å². The number of sulfone groups is 1. The molecule has 1 N–H and O–H groups in total. The molecule has 0 heterocycles. The minimum atomic E-state index is -3.22. The normalized spacial score (nSPS) is 12.8. The van der Waals surface area contributed by atoms with E-state index in [2.05, 4.69) is 5.32 Å². The summed E-state index contributed by atoms with van der Waals surface area (Å²) in [7, 11) is -1.66. The Bertz CT molecular complexity index is 538. The predicted octanol–water partition coefficient (Wildman–Crippen LogP) is 0.620. The Labute approximate surface area is 119 Å². The van der Waals surface area contributed by atoms with Crippen molar-refractivity contribution < 1.29 is 22.7 Å². The van der Waals surface area contributed by atoms with Gasteiger partial charge in [0.15, 0.2) is 16.4 Å². The van der Waals surface area contributed by atoms with Crippen LogP contribution in [0.3, 0.4) is 0 Å². The number of methoxy groups -OCH3 is 1. The topological polar surface area (TPSA) is 81.7 Å². The van der Waals surface area contributed by atoms with Gasteiger partial charge >= 0.3 is 0 Å². The third kappa shape index (κ3) is 5.58. The average molecular weight is 301 g/mol. The van der Waals surface area contributed by atoms with E-state index in [4.69, 9.17) is 9.47 Å². The zero-order chi connectivity index (χ0) is 15.2. The second-order valence-corrected chi connectivity index (χ2v) is 6.47. The Balaban J connectivity index is 2.48. The first-order valence-corrected chi connectivity index (χ1v) is 7.93. The smallest absolute Gasteiger partial charge is 0.258 e. The number of nitrogens with one attached hydrogen (secondary N) is 1. The van der Waals surface area contributed by atoms with Crippen molar-refractivity contribution >= 4 is 15.7 Å². The van der Waals surface area contributed by atoms with Crippen LogP contribution < -0.4 is 10.1 Å². The zero-order valence-corrected chi connectivity index (χ0v) is 12.6. The Kier molecular flexibility index (Phi) is 5.97. The van der Waals surface area contributed by atoms with E-state index >= 15 is 0 Å². The van der Waals surface area contributed by atoms with E-state index in [9.17, 15) is 13.2 Å². The van der Waals surface area contributed by atoms with E-state index in [1.165, 1.54) is 24.3 Å². The van der Waals surface area contributed by atoms with E-state index in [0.29, 0.717) is 12.4 Å². The Morgan fingerprint density at radius 2 is 1.90 bits per heavy atom. The van der Waals surface area contributed by atoms with E-state index in [0.717, 1.165) is 6.26 Å². The van der Waals surface area contributed by atoms with Crippen LogP contribution in [0, 0.1) is 0 Å². The second kappa shape index (κ2) is 7.25. The molecule has 112 valence electrons. The van der Waals surface area contributed by atoms with Crippen molar-refractivity contribution in [2.45, 2.75) is 17.9 Å². The van der Waals surface area contributed by atoms with Gasteiger partial charge in [-0.3, -0.25) is 4.79 Å². The summed E-state index contributed by atoms with van der Waals surface area (Å²) in [5.74, 6) is 0.175. The van der Waals surface area contributed by atoms with Crippen molar-refractivity contribution in [3.63, 3.8) is 0 Å². The SMILES string of the molecule is COCC(C)NC(=O)COc1ccc(S(C)(=O)=O)cc1. The summed E-state index contributed by atoms with van der Waals surface area (Å²) < 4.78 is 32.7. The Morgan fingerprint density at radius 1 is 1.30 bits per heavy atom. The van der Waals surface area contributed by atoms with Gasteiger partial charge in [0.2, 0.25) is 0 Å². The molecule has 0 aliphatic heterocycles. The fraction of sp³-hybridized carbons (Fsp3) is 0.462. The lowest BCUT2D eigenvalue weighted by molar-refractivity contribution is -0.124. The number of ether oxygens (including phenoxy) is 2. The number of rotatable bonds is 7. The highest BCUT2D eigenvalue weighted by molar-refractivity contribution is 7.90. The van der Waals surface area contributed by atoms with Crippen molar-refractivity contribution in [2.75, 3.05) is 26.6 Å². The molecule has 0 aromatic heterocycles. The number of benzene rings is 1. The molecule has 1 rings (SSSR count). The first kappa shape index (κ1) is 16.5. The molecule has 0 bridgehead atoms. The Hall–Kier alpha value is -1.60. The van der Waals surface area contributed by atoms with E-state index in [1.54, 1.807) is 7.11 Å². The number of carbonyl (C=O) groups excluding carboxylic acids is 1. The van der Waals surface area contributed by atoms with E-state index in [-0.39, 0.29) is 23.5 Å². The molecular formula is C13H19NO5S. The van der Waals surface area contributed by atoms with Crippen LogP contribution in [0.1, 0.15) is 6.92 Å². The number of hydrogen-bond donors (Lipinski definition) is 1. The number of carbonyl (C=O) groups is 1. The highest BCUT2D eigenvalue weighted by Crippen LogP contribution is 2.15. The molecule has 0 fully saturated rings. The molecule has 0 aliphatic rings. The molecule has 0 saturated heterocycles. The van der Waals surface area contributed by atoms with Crippen LogP contribution in [0.5, 0.6) is 5.75 Å². The minimum Gasteiger partial charge on any atom is -0.484 e. The molecule has 1 atom stereocenters. The largest absolute Gasteiger partial charge is 0.484 e. The average Bonchev–Trinajstić information content (AvgIpc) is 2.36. The molecule has 7 heteroatoms. The molecule has 6 nitrogen and oxygen atoms in total. The second-order valence-electron chi connectivity index (χ2n) is 4.46. The van der Waals surface area contributed by atoms with Crippen LogP contribution in [-0.4, -0.2) is 46.9 Å². The van der Waals surface area contributed by atoms with Crippen LogP contribution in [-0.2, 0) is 19.4 Å². The molecule has 0 spiro atoms. The third-order valence-corrected chi connectivity index (χ3v) is 3.57. The molecule has 1 aromatic carbocycles. The number of hydrogen-bond acceptors (Lipinski definition) is 5. The first-order valence-electron chi connectivity index (χ1n) is 6.04. The molecule has 0 saturated carbocycles. The third-order valence-electron chi connectivity index (χ3n) is 2.45. The van der Waals surface area contributed by atoms with Gasteiger partial charge in [0.05, 0.1) is 11.5 Å². The molecule has 0 aliphatic carbocycles. The maximum Gasteiger partial charge on any atom is 0.258 e. The highest BCUT2D eigenvalue weighted by atomic mass is 32.2. The zero-order valence-electron chi connectivity index (χ0n) is 11.8. The summed E-state index contributed by atoms with van der Waals surface area (Å²) in [5, 5.41) is 2.70. The summed E-state index contributed by atoms with van der Waals surface area (Å²) in [6.07, 6.45) is 1.13. The van der Waals surface area contributed by atoms with Gasteiger partial charge in [-0.2, -0.15) is 0 Å². The summed E-state index contributed by atoms with van der Waals surface area (Å²) in [6, 6.07) is 5.82. The quantitative estimate of drug-likeness (QED) is 0.798. The summed E-state index contributed by atoms with van der Waals surface area (Å²) >= 11 is 0. The predicted molar refractivity (Wildman–Crippen MR) is 74.5 cm³/mol. The van der Waals surface area contributed by atoms with Gasteiger partial charge in [-0.05, 0) is 31.2 Å². The molecule has 1 unspecified atom stereocenters. The minimum absolute atomic E-state index is 0.0938. The van der Waals surface area contributed by atoms with Crippen LogP contribution in [0.25, 0.3) is 0 Å². The maximum absolute atomic E-state index is 11.5.